The molecule has 2 aromatic rings. The molecule has 0 aliphatic carbocycles. The van der Waals surface area contributed by atoms with Gasteiger partial charge in [-0.05, 0) is 20.8 Å². The van der Waals surface area contributed by atoms with Gasteiger partial charge in [0.1, 0.15) is 5.69 Å². The normalized spacial score (nSPS) is 16.1. The Morgan fingerprint density at radius 1 is 1.22 bits per heavy atom. The van der Waals surface area contributed by atoms with E-state index < -0.39 is 0 Å². The van der Waals surface area contributed by atoms with E-state index in [1.54, 1.807) is 0 Å². The van der Waals surface area contributed by atoms with Crippen LogP contribution in [0.1, 0.15) is 32.4 Å². The number of aryl methyl sites for hydroxylation is 3. The number of hydrogen-bond acceptors (Lipinski definition) is 5. The Balaban J connectivity index is 1.59. The van der Waals surface area contributed by atoms with Gasteiger partial charge in [0.25, 0.3) is 5.91 Å². The molecule has 0 atom stereocenters. The number of carbonyl (C=O) groups excluding carboxylic acids is 1. The number of rotatable bonds is 3. The first-order valence-electron chi connectivity index (χ1n) is 7.88. The van der Waals surface area contributed by atoms with Gasteiger partial charge >= 0.3 is 0 Å². The third kappa shape index (κ3) is 3.30. The van der Waals surface area contributed by atoms with Crippen molar-refractivity contribution in [3.05, 3.63) is 33.0 Å². The molecule has 0 N–H and O–H groups in total. The van der Waals surface area contributed by atoms with Crippen molar-refractivity contribution in [1.29, 1.82) is 0 Å². The molecule has 0 radical (unpaired) electrons. The van der Waals surface area contributed by atoms with E-state index >= 15 is 0 Å². The van der Waals surface area contributed by atoms with Gasteiger partial charge in [-0.25, -0.2) is 4.98 Å². The summed E-state index contributed by atoms with van der Waals surface area (Å²) in [6, 6.07) is 0. The van der Waals surface area contributed by atoms with Gasteiger partial charge in [-0.1, -0.05) is 0 Å². The minimum Gasteiger partial charge on any atom is -0.335 e. The van der Waals surface area contributed by atoms with Gasteiger partial charge in [-0.2, -0.15) is 5.10 Å². The summed E-state index contributed by atoms with van der Waals surface area (Å²) in [6.45, 7) is 10.3. The van der Waals surface area contributed by atoms with Crippen LogP contribution in [0.3, 0.4) is 0 Å². The molecule has 7 heteroatoms. The van der Waals surface area contributed by atoms with Crippen molar-refractivity contribution in [3.63, 3.8) is 0 Å². The topological polar surface area (TPSA) is 54.3 Å². The zero-order chi connectivity index (χ0) is 16.6. The Kier molecular flexibility index (Phi) is 4.50. The number of carbonyl (C=O) groups is 1. The molecule has 124 valence electrons. The minimum absolute atomic E-state index is 0.0581. The molecule has 0 spiro atoms. The Bertz CT molecular complexity index is 712. The summed E-state index contributed by atoms with van der Waals surface area (Å²) in [6.07, 6.45) is 0. The van der Waals surface area contributed by atoms with E-state index in [4.69, 9.17) is 0 Å². The average molecular weight is 333 g/mol. The summed E-state index contributed by atoms with van der Waals surface area (Å²) in [4.78, 5) is 21.0. The third-order valence-electron chi connectivity index (χ3n) is 4.54. The van der Waals surface area contributed by atoms with Crippen LogP contribution in [0.4, 0.5) is 0 Å². The largest absolute Gasteiger partial charge is 0.335 e. The molecule has 0 saturated carbocycles. The predicted molar refractivity (Wildman–Crippen MR) is 90.7 cm³/mol. The van der Waals surface area contributed by atoms with E-state index in [2.05, 4.69) is 28.8 Å². The molecular weight excluding hydrogens is 310 g/mol. The number of nitrogens with zero attached hydrogens (tertiary/aromatic N) is 5. The molecule has 1 fully saturated rings. The molecular formula is C16H23N5OS. The quantitative estimate of drug-likeness (QED) is 0.859. The number of hydrogen-bond donors (Lipinski definition) is 0. The highest BCUT2D eigenvalue weighted by molar-refractivity contribution is 7.09. The summed E-state index contributed by atoms with van der Waals surface area (Å²) in [5, 5.41) is 7.27. The van der Waals surface area contributed by atoms with Gasteiger partial charge in [0.05, 0.1) is 10.7 Å². The highest BCUT2D eigenvalue weighted by Crippen LogP contribution is 2.17. The molecule has 6 nitrogen and oxygen atoms in total. The van der Waals surface area contributed by atoms with Crippen LogP contribution >= 0.6 is 11.3 Å². The Labute approximate surface area is 140 Å². The Morgan fingerprint density at radius 3 is 2.43 bits per heavy atom. The first-order chi connectivity index (χ1) is 11.0. The smallest absolute Gasteiger partial charge is 0.273 e. The summed E-state index contributed by atoms with van der Waals surface area (Å²) in [5.41, 5.74) is 4.21. The molecule has 0 aromatic carbocycles. The zero-order valence-electron chi connectivity index (χ0n) is 14.2. The fourth-order valence-electron chi connectivity index (χ4n) is 3.00. The number of thiazole rings is 1. The van der Waals surface area contributed by atoms with E-state index in [1.807, 2.05) is 28.9 Å². The van der Waals surface area contributed by atoms with E-state index in [1.165, 1.54) is 22.6 Å². The lowest BCUT2D eigenvalue weighted by Gasteiger charge is -2.34. The molecule has 1 aliphatic heterocycles. The molecule has 23 heavy (non-hydrogen) atoms. The summed E-state index contributed by atoms with van der Waals surface area (Å²) >= 11 is 1.53. The van der Waals surface area contributed by atoms with Crippen LogP contribution in [-0.4, -0.2) is 56.7 Å². The van der Waals surface area contributed by atoms with Crippen LogP contribution in [0.25, 0.3) is 0 Å². The van der Waals surface area contributed by atoms with Crippen LogP contribution in [-0.2, 0) is 13.6 Å². The molecule has 1 saturated heterocycles. The van der Waals surface area contributed by atoms with E-state index in [0.29, 0.717) is 5.69 Å². The second-order valence-electron chi connectivity index (χ2n) is 6.09. The standard InChI is InChI=1S/C16H23N5OS/c1-11-14(12(2)19(4)18-11)9-20-5-7-21(8-6-20)16(22)15-10-23-13(3)17-15/h10H,5-9H2,1-4H3. The molecule has 1 amide bonds. The van der Waals surface area contributed by atoms with Crippen molar-refractivity contribution >= 4 is 17.2 Å². The monoisotopic (exact) mass is 333 g/mol. The second-order valence-corrected chi connectivity index (χ2v) is 7.16. The van der Waals surface area contributed by atoms with Crippen molar-refractivity contribution in [2.75, 3.05) is 26.2 Å². The van der Waals surface area contributed by atoms with Gasteiger partial charge < -0.3 is 4.90 Å². The molecule has 3 rings (SSSR count). The third-order valence-corrected chi connectivity index (χ3v) is 5.31. The van der Waals surface area contributed by atoms with Crippen LogP contribution in [0.2, 0.25) is 0 Å². The maximum absolute atomic E-state index is 12.4. The van der Waals surface area contributed by atoms with Crippen molar-refractivity contribution in [2.24, 2.45) is 7.05 Å². The maximum Gasteiger partial charge on any atom is 0.273 e. The van der Waals surface area contributed by atoms with Crippen LogP contribution < -0.4 is 0 Å². The summed E-state index contributed by atoms with van der Waals surface area (Å²) in [5.74, 6) is 0.0581. The molecule has 2 aromatic heterocycles. The van der Waals surface area contributed by atoms with Gasteiger partial charge in [-0.15, -0.1) is 11.3 Å². The van der Waals surface area contributed by atoms with E-state index in [-0.39, 0.29) is 5.91 Å². The van der Waals surface area contributed by atoms with Crippen LogP contribution in [0.5, 0.6) is 0 Å². The predicted octanol–water partition coefficient (Wildman–Crippen LogP) is 1.76. The first-order valence-corrected chi connectivity index (χ1v) is 8.76. The lowest BCUT2D eigenvalue weighted by Crippen LogP contribution is -2.48. The Hall–Kier alpha value is -1.73. The number of amides is 1. The number of piperazine rings is 1. The highest BCUT2D eigenvalue weighted by Gasteiger charge is 2.24. The van der Waals surface area contributed by atoms with Gasteiger partial charge in [-0.3, -0.25) is 14.4 Å². The average Bonchev–Trinajstić information content (AvgIpc) is 3.06. The second kappa shape index (κ2) is 6.41. The maximum atomic E-state index is 12.4. The van der Waals surface area contributed by atoms with E-state index in [0.717, 1.165) is 43.4 Å². The van der Waals surface area contributed by atoms with Crippen molar-refractivity contribution in [2.45, 2.75) is 27.3 Å². The SMILES string of the molecule is Cc1nc(C(=O)N2CCN(Cc3c(C)nn(C)c3C)CC2)cs1. The molecule has 0 unspecified atom stereocenters. The molecule has 3 heterocycles. The minimum atomic E-state index is 0.0581. The number of aromatic nitrogens is 3. The van der Waals surface area contributed by atoms with Crippen molar-refractivity contribution < 1.29 is 4.79 Å². The van der Waals surface area contributed by atoms with Crippen LogP contribution in [0.15, 0.2) is 5.38 Å². The van der Waals surface area contributed by atoms with Crippen molar-refractivity contribution in [3.8, 4) is 0 Å². The molecule has 1 aliphatic rings. The van der Waals surface area contributed by atoms with Gasteiger partial charge in [0, 0.05) is 56.4 Å². The van der Waals surface area contributed by atoms with Crippen molar-refractivity contribution in [1.82, 2.24) is 24.6 Å². The zero-order valence-corrected chi connectivity index (χ0v) is 15.0. The summed E-state index contributed by atoms with van der Waals surface area (Å²) < 4.78 is 1.94. The van der Waals surface area contributed by atoms with E-state index in [9.17, 15) is 4.79 Å². The summed E-state index contributed by atoms with van der Waals surface area (Å²) in [7, 11) is 1.98. The lowest BCUT2D eigenvalue weighted by atomic mass is 10.1. The van der Waals surface area contributed by atoms with Gasteiger partial charge in [0.15, 0.2) is 0 Å². The van der Waals surface area contributed by atoms with Crippen LogP contribution in [0, 0.1) is 20.8 Å². The highest BCUT2D eigenvalue weighted by atomic mass is 32.1. The fourth-order valence-corrected chi connectivity index (χ4v) is 3.59. The van der Waals surface area contributed by atoms with Gasteiger partial charge in [0.2, 0.25) is 0 Å². The Morgan fingerprint density at radius 2 is 1.91 bits per heavy atom. The fraction of sp³-hybridized carbons (Fsp3) is 0.562. The lowest BCUT2D eigenvalue weighted by molar-refractivity contribution is 0.0623. The molecule has 0 bridgehead atoms. The first kappa shape index (κ1) is 16.1.